The number of pyridine rings is 1. The van der Waals surface area contributed by atoms with Crippen molar-refractivity contribution in [2.24, 2.45) is 7.05 Å². The van der Waals surface area contributed by atoms with Crippen LogP contribution in [-0.4, -0.2) is 31.3 Å². The van der Waals surface area contributed by atoms with Crippen molar-refractivity contribution in [2.45, 2.75) is 39.8 Å². The van der Waals surface area contributed by atoms with Crippen LogP contribution in [0.4, 0.5) is 0 Å². The topological polar surface area (TPSA) is 71.0 Å². The monoisotopic (exact) mass is 482 g/mol. The van der Waals surface area contributed by atoms with Gasteiger partial charge in [-0.25, -0.2) is 4.79 Å². The third-order valence-corrected chi connectivity index (χ3v) is 6.78. The van der Waals surface area contributed by atoms with E-state index in [1.807, 2.05) is 56.4 Å². The number of carbonyl (C=O) groups is 1. The maximum atomic E-state index is 14.1. The second-order valence-corrected chi connectivity index (χ2v) is 9.22. The molecule has 7 heteroatoms. The predicted molar refractivity (Wildman–Crippen MR) is 141 cm³/mol. The Bertz CT molecular complexity index is 1630. The highest BCUT2D eigenvalue weighted by molar-refractivity contribution is 5.87. The first-order valence-corrected chi connectivity index (χ1v) is 12.2. The Kier molecular flexibility index (Phi) is 6.22. The summed E-state index contributed by atoms with van der Waals surface area (Å²) in [5.74, 6) is -0.338. The van der Waals surface area contributed by atoms with E-state index in [1.54, 1.807) is 22.3 Å². The summed E-state index contributed by atoms with van der Waals surface area (Å²) in [4.78, 5) is 31.3. The van der Waals surface area contributed by atoms with Gasteiger partial charge in [0.1, 0.15) is 0 Å². The van der Waals surface area contributed by atoms with Gasteiger partial charge in [-0.3, -0.25) is 18.9 Å². The lowest BCUT2D eigenvalue weighted by Crippen LogP contribution is -2.30. The summed E-state index contributed by atoms with van der Waals surface area (Å²) in [6, 6.07) is 17.3. The minimum atomic E-state index is -0.502. The van der Waals surface area contributed by atoms with Crippen molar-refractivity contribution in [3.8, 4) is 0 Å². The average molecular weight is 483 g/mol. The number of aromatic nitrogens is 4. The van der Waals surface area contributed by atoms with Crippen molar-refractivity contribution in [1.29, 1.82) is 0 Å². The zero-order chi connectivity index (χ0) is 25.4. The van der Waals surface area contributed by atoms with E-state index in [-0.39, 0.29) is 18.1 Å². The number of rotatable bonds is 7. The Morgan fingerprint density at radius 3 is 2.56 bits per heavy atom. The van der Waals surface area contributed by atoms with Gasteiger partial charge in [0.2, 0.25) is 0 Å². The molecule has 1 unspecified atom stereocenters. The largest absolute Gasteiger partial charge is 0.466 e. The first-order chi connectivity index (χ1) is 17.4. The number of hydrogen-bond acceptors (Lipinski definition) is 4. The van der Waals surface area contributed by atoms with E-state index in [0.717, 1.165) is 38.8 Å². The van der Waals surface area contributed by atoms with Crippen LogP contribution in [0.15, 0.2) is 71.8 Å². The molecule has 0 aliphatic carbocycles. The van der Waals surface area contributed by atoms with Crippen LogP contribution in [0.2, 0.25) is 0 Å². The Morgan fingerprint density at radius 2 is 1.81 bits per heavy atom. The maximum absolute atomic E-state index is 14.1. The molecular formula is C29H30N4O3. The summed E-state index contributed by atoms with van der Waals surface area (Å²) >= 11 is 0. The van der Waals surface area contributed by atoms with Gasteiger partial charge in [-0.15, -0.1) is 0 Å². The van der Waals surface area contributed by atoms with E-state index in [2.05, 4.69) is 34.8 Å². The molecule has 1 atom stereocenters. The van der Waals surface area contributed by atoms with E-state index in [4.69, 9.17) is 4.74 Å². The van der Waals surface area contributed by atoms with Crippen molar-refractivity contribution >= 4 is 27.9 Å². The molecule has 7 nitrogen and oxygen atoms in total. The van der Waals surface area contributed by atoms with Crippen LogP contribution in [0.1, 0.15) is 41.8 Å². The minimum absolute atomic E-state index is 0.0611. The highest BCUT2D eigenvalue weighted by atomic mass is 16.5. The number of carbonyl (C=O) groups excluding carboxylic acids is 1. The standard InChI is InChI=1S/C29H30N4O3/c1-5-36-27(34)15-24(21-11-7-6-8-12-21)33-25-14-20(3)30-16-26(25)32(29(33)35)18-22-17-31(4)23-13-9-10-19(2)28(22)23/h6-14,16-17,24H,5,15,18H2,1-4H3. The normalized spacial score (nSPS) is 12.3. The van der Waals surface area contributed by atoms with Crippen LogP contribution in [0.3, 0.4) is 0 Å². The highest BCUT2D eigenvalue weighted by Crippen LogP contribution is 2.29. The molecule has 3 heterocycles. The fourth-order valence-corrected chi connectivity index (χ4v) is 5.16. The molecule has 0 radical (unpaired) electrons. The lowest BCUT2D eigenvalue weighted by molar-refractivity contribution is -0.143. The number of ether oxygens (including phenoxy) is 1. The van der Waals surface area contributed by atoms with Gasteiger partial charge in [-0.2, -0.15) is 0 Å². The van der Waals surface area contributed by atoms with Crippen molar-refractivity contribution in [3.63, 3.8) is 0 Å². The molecular weight excluding hydrogens is 452 g/mol. The Balaban J connectivity index is 1.72. The summed E-state index contributed by atoms with van der Waals surface area (Å²) in [6.45, 7) is 6.47. The lowest BCUT2D eigenvalue weighted by Gasteiger charge is -2.19. The molecule has 5 aromatic rings. The molecule has 184 valence electrons. The molecule has 0 aliphatic rings. The molecule has 0 saturated heterocycles. The molecule has 0 aliphatic heterocycles. The van der Waals surface area contributed by atoms with Crippen molar-refractivity contribution in [1.82, 2.24) is 18.7 Å². The SMILES string of the molecule is CCOC(=O)CC(c1ccccc1)n1c(=O)n(Cc2cn(C)c3cccc(C)c23)c2cnc(C)cc21. The van der Waals surface area contributed by atoms with Gasteiger partial charge in [0, 0.05) is 29.8 Å². The second-order valence-electron chi connectivity index (χ2n) is 9.22. The summed E-state index contributed by atoms with van der Waals surface area (Å²) in [6.07, 6.45) is 3.90. The van der Waals surface area contributed by atoms with Crippen LogP contribution >= 0.6 is 0 Å². The third-order valence-electron chi connectivity index (χ3n) is 6.78. The Labute approximate surface area is 209 Å². The number of hydrogen-bond donors (Lipinski definition) is 0. The maximum Gasteiger partial charge on any atom is 0.330 e. The van der Waals surface area contributed by atoms with Gasteiger partial charge in [0.15, 0.2) is 0 Å². The van der Waals surface area contributed by atoms with Crippen LogP contribution in [0, 0.1) is 13.8 Å². The van der Waals surface area contributed by atoms with Gasteiger partial charge < -0.3 is 9.30 Å². The summed E-state index contributed by atoms with van der Waals surface area (Å²) in [5.41, 5.74) is 6.34. The van der Waals surface area contributed by atoms with E-state index < -0.39 is 6.04 Å². The smallest absolute Gasteiger partial charge is 0.330 e. The second kappa shape index (κ2) is 9.49. The summed E-state index contributed by atoms with van der Waals surface area (Å²) < 4.78 is 10.9. The van der Waals surface area contributed by atoms with Crippen molar-refractivity contribution < 1.29 is 9.53 Å². The number of imidazole rings is 1. The Morgan fingerprint density at radius 1 is 1.03 bits per heavy atom. The lowest BCUT2D eigenvalue weighted by atomic mass is 10.0. The van der Waals surface area contributed by atoms with Crippen LogP contribution in [-0.2, 0) is 23.1 Å². The molecule has 3 aromatic heterocycles. The fourth-order valence-electron chi connectivity index (χ4n) is 5.16. The first-order valence-electron chi connectivity index (χ1n) is 12.2. The number of aryl methyl sites for hydroxylation is 3. The highest BCUT2D eigenvalue weighted by Gasteiger charge is 2.26. The summed E-state index contributed by atoms with van der Waals surface area (Å²) in [7, 11) is 2.02. The number of nitrogens with zero attached hydrogens (tertiary/aromatic N) is 4. The average Bonchev–Trinajstić information content (AvgIpc) is 3.32. The van der Waals surface area contributed by atoms with Crippen molar-refractivity contribution in [2.75, 3.05) is 6.61 Å². The van der Waals surface area contributed by atoms with E-state index in [0.29, 0.717) is 13.2 Å². The van der Waals surface area contributed by atoms with Gasteiger partial charge in [-0.1, -0.05) is 42.5 Å². The predicted octanol–water partition coefficient (Wildman–Crippen LogP) is 4.90. The van der Waals surface area contributed by atoms with Crippen LogP contribution < -0.4 is 5.69 Å². The number of benzene rings is 2. The molecule has 0 spiro atoms. The van der Waals surface area contributed by atoms with Gasteiger partial charge in [0.05, 0.1) is 42.8 Å². The van der Waals surface area contributed by atoms with Gasteiger partial charge in [0.25, 0.3) is 0 Å². The van der Waals surface area contributed by atoms with Crippen LogP contribution in [0.5, 0.6) is 0 Å². The molecule has 0 N–H and O–H groups in total. The molecule has 2 aromatic carbocycles. The van der Waals surface area contributed by atoms with Crippen molar-refractivity contribution in [3.05, 3.63) is 99.9 Å². The third kappa shape index (κ3) is 4.11. The minimum Gasteiger partial charge on any atom is -0.466 e. The molecule has 0 bridgehead atoms. The molecule has 0 fully saturated rings. The van der Waals surface area contributed by atoms with E-state index in [9.17, 15) is 9.59 Å². The first kappa shape index (κ1) is 23.6. The quantitative estimate of drug-likeness (QED) is 0.310. The molecule has 36 heavy (non-hydrogen) atoms. The van der Waals surface area contributed by atoms with E-state index >= 15 is 0 Å². The number of esters is 1. The molecule has 0 saturated carbocycles. The summed E-state index contributed by atoms with van der Waals surface area (Å²) in [5, 5.41) is 1.15. The zero-order valence-electron chi connectivity index (χ0n) is 21.1. The zero-order valence-corrected chi connectivity index (χ0v) is 21.1. The number of fused-ring (bicyclic) bond motifs is 2. The molecule has 5 rings (SSSR count). The fraction of sp³-hybridized carbons (Fsp3) is 0.276. The van der Waals surface area contributed by atoms with E-state index in [1.165, 1.54) is 5.56 Å². The van der Waals surface area contributed by atoms with Gasteiger partial charge in [-0.05, 0) is 49.6 Å². The van der Waals surface area contributed by atoms with Crippen LogP contribution in [0.25, 0.3) is 21.9 Å². The van der Waals surface area contributed by atoms with Gasteiger partial charge >= 0.3 is 11.7 Å². The molecule has 0 amide bonds. The Hall–Kier alpha value is -4.13.